The van der Waals surface area contributed by atoms with Gasteiger partial charge in [0.25, 0.3) is 5.88 Å². The van der Waals surface area contributed by atoms with Crippen molar-refractivity contribution in [2.45, 2.75) is 95.1 Å². The molecule has 3 aliphatic heterocycles. The summed E-state index contributed by atoms with van der Waals surface area (Å²) in [5, 5.41) is 15.1. The Morgan fingerprint density at radius 1 is 1.24 bits per heavy atom. The summed E-state index contributed by atoms with van der Waals surface area (Å²) >= 11 is 0. The second-order valence-corrected chi connectivity index (χ2v) is 16.4. The lowest BCUT2D eigenvalue weighted by molar-refractivity contribution is -0.129. The molecule has 4 heterocycles. The van der Waals surface area contributed by atoms with Crippen molar-refractivity contribution in [2.24, 2.45) is 5.41 Å². The first-order valence-corrected chi connectivity index (χ1v) is 19.2. The first kappa shape index (κ1) is 38.6. The van der Waals surface area contributed by atoms with Gasteiger partial charge in [-0.25, -0.2) is 8.78 Å². The number of likely N-dealkylation sites (tertiary alicyclic amines) is 1. The molecular formula is C42H51F2N5O6. The molecule has 0 bridgehead atoms. The zero-order valence-corrected chi connectivity index (χ0v) is 32.1. The third-order valence-corrected chi connectivity index (χ3v) is 12.3. The lowest BCUT2D eigenvalue weighted by atomic mass is 9.71. The van der Waals surface area contributed by atoms with E-state index in [9.17, 15) is 14.3 Å². The van der Waals surface area contributed by atoms with Gasteiger partial charge in [-0.3, -0.25) is 9.69 Å². The van der Waals surface area contributed by atoms with E-state index in [1.54, 1.807) is 18.0 Å². The van der Waals surface area contributed by atoms with Crippen LogP contribution in [0.4, 0.5) is 14.6 Å². The molecule has 1 aromatic heterocycles. The molecule has 11 nitrogen and oxygen atoms in total. The number of nitrogens with one attached hydrogen (secondary N) is 1. The summed E-state index contributed by atoms with van der Waals surface area (Å²) in [4.78, 5) is 26.4. The second kappa shape index (κ2) is 15.1. The number of aromatic hydroxyl groups is 1. The van der Waals surface area contributed by atoms with Crippen molar-refractivity contribution in [2.75, 3.05) is 51.9 Å². The Morgan fingerprint density at radius 3 is 2.67 bits per heavy atom. The number of phenolic OH excluding ortho intramolecular Hbond substituents is 1. The largest absolute Gasteiger partial charge is 0.508 e. The van der Waals surface area contributed by atoms with Gasteiger partial charge in [0.2, 0.25) is 11.7 Å². The number of likely N-dealkylation sites (N-methyl/N-ethyl adjacent to an activating group) is 1. The molecule has 4 aliphatic rings. The van der Waals surface area contributed by atoms with Crippen molar-refractivity contribution in [1.29, 1.82) is 0 Å². The summed E-state index contributed by atoms with van der Waals surface area (Å²) in [7, 11) is 1.79. The maximum absolute atomic E-state index is 15.5. The van der Waals surface area contributed by atoms with Crippen LogP contribution in [0.5, 0.6) is 23.4 Å². The Labute approximate surface area is 321 Å². The number of hydrogen-bond donors (Lipinski definition) is 2. The van der Waals surface area contributed by atoms with Gasteiger partial charge in [0.15, 0.2) is 11.9 Å². The summed E-state index contributed by atoms with van der Waals surface area (Å²) < 4.78 is 55.6. The molecule has 2 aromatic carbocycles. The van der Waals surface area contributed by atoms with E-state index >= 15 is 4.39 Å². The van der Waals surface area contributed by atoms with Crippen LogP contribution in [0.15, 0.2) is 36.9 Å². The number of hydrogen-bond acceptors (Lipinski definition) is 10. The number of benzene rings is 2. The fraction of sp³-hybridized carbons (Fsp3) is 0.548. The number of anilines is 1. The molecule has 1 saturated carbocycles. The van der Waals surface area contributed by atoms with Crippen LogP contribution in [0, 0.1) is 23.6 Å². The van der Waals surface area contributed by atoms with E-state index < -0.39 is 29.2 Å². The molecule has 1 amide bonds. The fourth-order valence-electron chi connectivity index (χ4n) is 9.13. The van der Waals surface area contributed by atoms with Crippen molar-refractivity contribution in [3.8, 4) is 35.7 Å². The van der Waals surface area contributed by atoms with Crippen LogP contribution in [-0.2, 0) is 9.53 Å². The number of carbonyl (C=O) groups is 1. The highest BCUT2D eigenvalue weighted by Gasteiger charge is 2.56. The maximum atomic E-state index is 15.5. The van der Waals surface area contributed by atoms with Crippen molar-refractivity contribution in [3.63, 3.8) is 0 Å². The molecule has 3 aromatic rings. The van der Waals surface area contributed by atoms with Crippen LogP contribution in [0.2, 0.25) is 0 Å². The number of amides is 1. The molecule has 2 saturated heterocycles. The van der Waals surface area contributed by atoms with Crippen molar-refractivity contribution in [3.05, 3.63) is 53.9 Å². The molecule has 2 N–H and O–H groups in total. The van der Waals surface area contributed by atoms with Gasteiger partial charge in [-0.1, -0.05) is 52.2 Å². The first-order valence-electron chi connectivity index (χ1n) is 19.2. The maximum Gasteiger partial charge on any atom is 0.322 e. The average Bonchev–Trinajstić information content (AvgIpc) is 3.81. The Hall–Kier alpha value is -4.67. The van der Waals surface area contributed by atoms with Crippen LogP contribution in [0.3, 0.4) is 0 Å². The minimum absolute atomic E-state index is 0.00418. The minimum Gasteiger partial charge on any atom is -0.508 e. The molecule has 3 atom stereocenters. The number of halogens is 2. The summed E-state index contributed by atoms with van der Waals surface area (Å²) in [6.07, 6.45) is 10.6. The number of nitrogens with zero attached hydrogens (tertiary/aromatic N) is 4. The normalized spacial score (nSPS) is 24.0. The van der Waals surface area contributed by atoms with Crippen LogP contribution in [-0.4, -0.2) is 101 Å². The average molecular weight is 760 g/mol. The fourth-order valence-corrected chi connectivity index (χ4v) is 9.13. The van der Waals surface area contributed by atoms with Crippen molar-refractivity contribution < 1.29 is 37.6 Å². The highest BCUT2D eigenvalue weighted by atomic mass is 19.1. The summed E-state index contributed by atoms with van der Waals surface area (Å²) in [5.41, 5.74) is -1.10. The predicted molar refractivity (Wildman–Crippen MR) is 205 cm³/mol. The quantitative estimate of drug-likeness (QED) is 0.170. The Kier molecular flexibility index (Phi) is 10.6. The molecule has 0 radical (unpaired) electrons. The number of rotatable bonds is 10. The van der Waals surface area contributed by atoms with Gasteiger partial charge in [-0.05, 0) is 60.8 Å². The highest BCUT2D eigenvalue weighted by Crippen LogP contribution is 2.48. The molecule has 294 valence electrons. The standard InChI is InChI=1S/C42H51F2N5O6/c1-7-30-32(44)12-11-26-19-29(50)20-31(35(26)30)33-23-53-36-37(45-24-41(15-9-10-16-41)48(6)34(51)8-2)46-39(47-38(36)55-33)54-25-42(40(3,4)5)21-27(43)22-49(42)28-13-17-52-18-14-28/h1,8,11-12,19-20,27-28,33,50H,2,9-10,13-18,21-25H2,3-6H3,(H,45,46,47)/t27-,33?,42+/m1/s1. The SMILES string of the molecule is C#Cc1c(F)ccc2cc(O)cc(C3COc4c(NCC5(N(C)C(=O)C=C)CCCC5)nc(OC[C@]5(C(C)(C)C)C[C@@H](F)CN5C5CCOCC5)nc4O3)c12. The smallest absolute Gasteiger partial charge is 0.322 e. The minimum atomic E-state index is -1.03. The molecule has 1 unspecified atom stereocenters. The molecule has 55 heavy (non-hydrogen) atoms. The number of phenols is 1. The van der Waals surface area contributed by atoms with Crippen LogP contribution in [0.1, 0.15) is 82.9 Å². The Bertz CT molecular complexity index is 1990. The molecule has 0 spiro atoms. The number of aromatic nitrogens is 2. The topological polar surface area (TPSA) is 119 Å². The third kappa shape index (κ3) is 7.15. The van der Waals surface area contributed by atoms with Gasteiger partial charge < -0.3 is 34.3 Å². The van der Waals surface area contributed by atoms with Crippen LogP contribution >= 0.6 is 0 Å². The molecule has 3 fully saturated rings. The van der Waals surface area contributed by atoms with E-state index in [4.69, 9.17) is 35.3 Å². The van der Waals surface area contributed by atoms with E-state index in [0.29, 0.717) is 48.5 Å². The third-order valence-electron chi connectivity index (χ3n) is 12.3. The summed E-state index contributed by atoms with van der Waals surface area (Å²) in [6.45, 7) is 12.0. The number of alkyl halides is 1. The zero-order valence-electron chi connectivity index (χ0n) is 32.1. The molecule has 1 aliphatic carbocycles. The molecule has 13 heteroatoms. The number of carbonyl (C=O) groups excluding carboxylic acids is 1. The van der Waals surface area contributed by atoms with Crippen molar-refractivity contribution >= 4 is 22.5 Å². The number of terminal acetylenes is 1. The van der Waals surface area contributed by atoms with Crippen LogP contribution in [0.25, 0.3) is 10.8 Å². The van der Waals surface area contributed by atoms with Crippen molar-refractivity contribution in [1.82, 2.24) is 19.8 Å². The molecular weight excluding hydrogens is 708 g/mol. The Balaban J connectivity index is 1.26. The van der Waals surface area contributed by atoms with Gasteiger partial charge in [0, 0.05) is 56.8 Å². The van der Waals surface area contributed by atoms with Gasteiger partial charge in [-0.15, -0.1) is 6.42 Å². The number of ether oxygens (including phenoxy) is 4. The van der Waals surface area contributed by atoms with Crippen LogP contribution < -0.4 is 19.5 Å². The predicted octanol–water partition coefficient (Wildman–Crippen LogP) is 6.72. The van der Waals surface area contributed by atoms with E-state index in [-0.39, 0.29) is 66.0 Å². The lowest BCUT2D eigenvalue weighted by Crippen LogP contribution is -2.61. The summed E-state index contributed by atoms with van der Waals surface area (Å²) in [6, 6.07) is 5.96. The van der Waals surface area contributed by atoms with Gasteiger partial charge in [-0.2, -0.15) is 9.97 Å². The van der Waals surface area contributed by atoms with Gasteiger partial charge in [0.1, 0.15) is 31.0 Å². The molecule has 7 rings (SSSR count). The van der Waals surface area contributed by atoms with E-state index in [1.165, 1.54) is 24.3 Å². The Morgan fingerprint density at radius 2 is 1.98 bits per heavy atom. The summed E-state index contributed by atoms with van der Waals surface area (Å²) in [5.74, 6) is 2.26. The zero-order chi connectivity index (χ0) is 39.1. The monoisotopic (exact) mass is 759 g/mol. The van der Waals surface area contributed by atoms with Gasteiger partial charge >= 0.3 is 6.01 Å². The van der Waals surface area contributed by atoms with E-state index in [0.717, 1.165) is 38.5 Å². The first-order chi connectivity index (χ1) is 26.3. The second-order valence-electron chi connectivity index (χ2n) is 16.4. The van der Waals surface area contributed by atoms with E-state index in [2.05, 4.69) is 43.5 Å². The number of fused-ring (bicyclic) bond motifs is 2. The van der Waals surface area contributed by atoms with Gasteiger partial charge in [0.05, 0.1) is 16.6 Å². The lowest BCUT2D eigenvalue weighted by Gasteiger charge is -2.51. The van der Waals surface area contributed by atoms with E-state index in [1.807, 2.05) is 0 Å². The highest BCUT2D eigenvalue weighted by molar-refractivity contribution is 5.93.